The number of hydrogen-bond donors (Lipinski definition) is 1. The van der Waals surface area contributed by atoms with Crippen LogP contribution in [0.1, 0.15) is 0 Å². The largest absolute Gasteiger partial charge is 0.326 e. The van der Waals surface area contributed by atoms with E-state index in [1.807, 2.05) is 24.3 Å². The van der Waals surface area contributed by atoms with E-state index >= 15 is 0 Å². The van der Waals surface area contributed by atoms with Crippen molar-refractivity contribution in [3.63, 3.8) is 0 Å². The van der Waals surface area contributed by atoms with Crippen molar-refractivity contribution in [2.24, 2.45) is 0 Å². The maximum Gasteiger partial charge on any atom is 0.279 e. The lowest BCUT2D eigenvalue weighted by molar-refractivity contribution is 0.233. The molecule has 3 heteroatoms. The van der Waals surface area contributed by atoms with Crippen molar-refractivity contribution in [1.29, 1.82) is 0 Å². The summed E-state index contributed by atoms with van der Waals surface area (Å²) in [4.78, 5) is 12.3. The van der Waals surface area contributed by atoms with Gasteiger partial charge in [-0.1, -0.05) is 36.9 Å². The van der Waals surface area contributed by atoms with Crippen LogP contribution >= 0.6 is 12.6 Å². The zero-order chi connectivity index (χ0) is 7.40. The third kappa shape index (κ3) is 1.92. The molecule has 0 aromatic carbocycles. The maximum absolute atomic E-state index is 10.7. The van der Waals surface area contributed by atoms with Crippen LogP contribution in [0.5, 0.6) is 0 Å². The van der Waals surface area contributed by atoms with Crippen LogP contribution in [0.25, 0.3) is 0 Å². The van der Waals surface area contributed by atoms with Gasteiger partial charge < -0.3 is 4.90 Å². The van der Waals surface area contributed by atoms with Gasteiger partial charge in [0.1, 0.15) is 0 Å². The van der Waals surface area contributed by atoms with E-state index in [9.17, 15) is 4.79 Å². The SMILES string of the molecule is O=C(S)N1CC=CC=CC1. The zero-order valence-corrected chi connectivity index (χ0v) is 6.42. The minimum absolute atomic E-state index is 0.170. The number of hydrogen-bond acceptors (Lipinski definition) is 1. The molecule has 0 bridgehead atoms. The van der Waals surface area contributed by atoms with Crippen LogP contribution in [0.3, 0.4) is 0 Å². The van der Waals surface area contributed by atoms with Crippen LogP contribution in [-0.2, 0) is 0 Å². The Morgan fingerprint density at radius 3 is 2.20 bits per heavy atom. The summed E-state index contributed by atoms with van der Waals surface area (Å²) < 4.78 is 0. The summed E-state index contributed by atoms with van der Waals surface area (Å²) in [5.74, 6) is 0. The normalized spacial score (nSPS) is 17.1. The van der Waals surface area contributed by atoms with E-state index in [2.05, 4.69) is 12.6 Å². The monoisotopic (exact) mass is 155 g/mol. The number of thiol groups is 1. The topological polar surface area (TPSA) is 20.3 Å². The van der Waals surface area contributed by atoms with E-state index in [0.29, 0.717) is 13.1 Å². The van der Waals surface area contributed by atoms with Crippen molar-refractivity contribution in [3.8, 4) is 0 Å². The second-order valence-electron chi connectivity index (χ2n) is 2.04. The average molecular weight is 155 g/mol. The van der Waals surface area contributed by atoms with Crippen LogP contribution in [0.4, 0.5) is 4.79 Å². The molecule has 54 valence electrons. The van der Waals surface area contributed by atoms with Gasteiger partial charge in [-0.3, -0.25) is 4.79 Å². The lowest BCUT2D eigenvalue weighted by Crippen LogP contribution is -2.25. The lowest BCUT2D eigenvalue weighted by atomic mass is 10.5. The number of carbonyl (C=O) groups excluding carboxylic acids is 1. The van der Waals surface area contributed by atoms with Gasteiger partial charge in [0, 0.05) is 13.1 Å². The first-order valence-corrected chi connectivity index (χ1v) is 3.55. The number of allylic oxidation sites excluding steroid dienone is 2. The van der Waals surface area contributed by atoms with E-state index in [1.165, 1.54) is 0 Å². The van der Waals surface area contributed by atoms with Crippen LogP contribution in [0, 0.1) is 0 Å². The van der Waals surface area contributed by atoms with Crippen LogP contribution in [-0.4, -0.2) is 23.2 Å². The molecule has 0 N–H and O–H groups in total. The predicted molar refractivity (Wildman–Crippen MR) is 44.2 cm³/mol. The Hall–Kier alpha value is -0.700. The van der Waals surface area contributed by atoms with Crippen LogP contribution < -0.4 is 0 Å². The summed E-state index contributed by atoms with van der Waals surface area (Å²) in [6, 6.07) is 0. The van der Waals surface area contributed by atoms with Crippen LogP contribution in [0.2, 0.25) is 0 Å². The summed E-state index contributed by atoms with van der Waals surface area (Å²) in [6.07, 6.45) is 7.71. The molecule has 0 saturated heterocycles. The molecular formula is C7H9NOS. The second-order valence-corrected chi connectivity index (χ2v) is 2.43. The molecule has 2 nitrogen and oxygen atoms in total. The van der Waals surface area contributed by atoms with Gasteiger partial charge in [-0.05, 0) is 0 Å². The third-order valence-electron chi connectivity index (χ3n) is 1.31. The van der Waals surface area contributed by atoms with Crippen molar-refractivity contribution in [2.45, 2.75) is 0 Å². The fraction of sp³-hybridized carbons (Fsp3) is 0.286. The summed E-state index contributed by atoms with van der Waals surface area (Å²) in [5.41, 5.74) is 0. The molecule has 1 rings (SSSR count). The second kappa shape index (κ2) is 3.46. The Kier molecular flexibility index (Phi) is 2.57. The molecule has 0 unspecified atom stereocenters. The highest BCUT2D eigenvalue weighted by Crippen LogP contribution is 1.99. The Bertz CT molecular complexity index is 172. The molecule has 1 aliphatic heterocycles. The molecule has 1 amide bonds. The molecule has 10 heavy (non-hydrogen) atoms. The van der Waals surface area contributed by atoms with Crippen molar-refractivity contribution >= 4 is 17.9 Å². The fourth-order valence-corrected chi connectivity index (χ4v) is 0.927. The number of carbonyl (C=O) groups is 1. The number of rotatable bonds is 0. The summed E-state index contributed by atoms with van der Waals surface area (Å²) in [6.45, 7) is 1.32. The average Bonchev–Trinajstić information content (AvgIpc) is 2.12. The van der Waals surface area contributed by atoms with Crippen LogP contribution in [0.15, 0.2) is 24.3 Å². The first kappa shape index (κ1) is 7.41. The maximum atomic E-state index is 10.7. The number of nitrogens with zero attached hydrogens (tertiary/aromatic N) is 1. The molecule has 1 aliphatic rings. The predicted octanol–water partition coefficient (Wildman–Crippen LogP) is 1.46. The van der Waals surface area contributed by atoms with E-state index in [1.54, 1.807) is 4.90 Å². The van der Waals surface area contributed by atoms with Crippen molar-refractivity contribution in [3.05, 3.63) is 24.3 Å². The van der Waals surface area contributed by atoms with Gasteiger partial charge in [0.2, 0.25) is 0 Å². The lowest BCUT2D eigenvalue weighted by Gasteiger charge is -2.14. The Morgan fingerprint density at radius 1 is 1.30 bits per heavy atom. The Labute approximate surface area is 65.6 Å². The third-order valence-corrected chi connectivity index (χ3v) is 1.59. The van der Waals surface area contributed by atoms with E-state index in [0.717, 1.165) is 0 Å². The Balaban J connectivity index is 2.55. The smallest absolute Gasteiger partial charge is 0.279 e. The molecule has 0 fully saturated rings. The first-order chi connectivity index (χ1) is 4.80. The van der Waals surface area contributed by atoms with Gasteiger partial charge >= 0.3 is 0 Å². The highest BCUT2D eigenvalue weighted by molar-refractivity contribution is 7.96. The van der Waals surface area contributed by atoms with E-state index in [4.69, 9.17) is 0 Å². The summed E-state index contributed by atoms with van der Waals surface area (Å²) in [7, 11) is 0. The number of amides is 1. The quantitative estimate of drug-likeness (QED) is 0.525. The minimum Gasteiger partial charge on any atom is -0.326 e. The minimum atomic E-state index is -0.170. The van der Waals surface area contributed by atoms with E-state index < -0.39 is 0 Å². The highest BCUT2D eigenvalue weighted by Gasteiger charge is 2.04. The van der Waals surface area contributed by atoms with Crippen molar-refractivity contribution in [1.82, 2.24) is 4.90 Å². The summed E-state index contributed by atoms with van der Waals surface area (Å²) in [5, 5.41) is -0.170. The zero-order valence-electron chi connectivity index (χ0n) is 5.53. The van der Waals surface area contributed by atoms with Crippen molar-refractivity contribution < 1.29 is 4.79 Å². The molecule has 0 saturated carbocycles. The van der Waals surface area contributed by atoms with Gasteiger partial charge in [-0.15, -0.1) is 0 Å². The Morgan fingerprint density at radius 2 is 1.80 bits per heavy atom. The first-order valence-electron chi connectivity index (χ1n) is 3.10. The summed E-state index contributed by atoms with van der Waals surface area (Å²) >= 11 is 3.71. The van der Waals surface area contributed by atoms with Gasteiger partial charge in [0.15, 0.2) is 0 Å². The molecule has 0 aliphatic carbocycles. The van der Waals surface area contributed by atoms with Gasteiger partial charge in [0.05, 0.1) is 0 Å². The molecule has 0 spiro atoms. The van der Waals surface area contributed by atoms with Gasteiger partial charge in [0.25, 0.3) is 5.24 Å². The molecular weight excluding hydrogens is 146 g/mol. The van der Waals surface area contributed by atoms with Gasteiger partial charge in [-0.2, -0.15) is 0 Å². The molecule has 0 radical (unpaired) electrons. The van der Waals surface area contributed by atoms with E-state index in [-0.39, 0.29) is 5.24 Å². The molecule has 0 atom stereocenters. The van der Waals surface area contributed by atoms with Gasteiger partial charge in [-0.25, -0.2) is 0 Å². The van der Waals surface area contributed by atoms with Crippen molar-refractivity contribution in [2.75, 3.05) is 13.1 Å². The molecule has 1 heterocycles. The molecule has 0 aromatic rings. The highest BCUT2D eigenvalue weighted by atomic mass is 32.1. The molecule has 0 aromatic heterocycles. The fourth-order valence-electron chi connectivity index (χ4n) is 0.764. The standard InChI is InChI=1S/C7H9NOS/c9-7(10)8-5-3-1-2-4-6-8/h1-4H,5-6H2,(H,9,10).